The van der Waals surface area contributed by atoms with Gasteiger partial charge in [0, 0.05) is 37.8 Å². The van der Waals surface area contributed by atoms with Gasteiger partial charge in [0.15, 0.2) is 5.69 Å². The molecule has 2 N–H and O–H groups in total. The molecule has 1 saturated carbocycles. The van der Waals surface area contributed by atoms with E-state index in [0.29, 0.717) is 43.9 Å². The van der Waals surface area contributed by atoms with Crippen LogP contribution in [0.1, 0.15) is 60.3 Å². The molecule has 9 nitrogen and oxygen atoms in total. The molecule has 2 fully saturated rings. The zero-order valence-electron chi connectivity index (χ0n) is 22.9. The second-order valence-electron chi connectivity index (χ2n) is 10.4. The van der Waals surface area contributed by atoms with Crippen LogP contribution in [0.25, 0.3) is 11.3 Å². The molecular formula is C31H36N6O3. The van der Waals surface area contributed by atoms with Gasteiger partial charge in [-0.25, -0.2) is 9.78 Å². The highest BCUT2D eigenvalue weighted by molar-refractivity contribution is 5.98. The Morgan fingerprint density at radius 2 is 1.90 bits per heavy atom. The first-order chi connectivity index (χ1) is 19.6. The summed E-state index contributed by atoms with van der Waals surface area (Å²) >= 11 is 0. The minimum Gasteiger partial charge on any atom is -0.444 e. The summed E-state index contributed by atoms with van der Waals surface area (Å²) in [6.07, 6.45) is 5.31. The SMILES string of the molecule is CCNC(=O)OC1CCCCC1n1cnc(C(=O)N2CCNC[C@@H]2Cc2ccc(C#N)cc2)c1-c1ccccc1. The zero-order valence-corrected chi connectivity index (χ0v) is 22.9. The summed E-state index contributed by atoms with van der Waals surface area (Å²) in [5.74, 6) is -0.102. The van der Waals surface area contributed by atoms with Crippen molar-refractivity contribution in [2.45, 2.75) is 57.2 Å². The molecule has 3 aromatic rings. The molecule has 3 atom stereocenters. The van der Waals surface area contributed by atoms with Crippen molar-refractivity contribution in [3.8, 4) is 17.3 Å². The Morgan fingerprint density at radius 1 is 1.12 bits per heavy atom. The number of nitrogens with zero attached hydrogens (tertiary/aromatic N) is 4. The van der Waals surface area contributed by atoms with E-state index >= 15 is 0 Å². The van der Waals surface area contributed by atoms with Crippen molar-refractivity contribution < 1.29 is 14.3 Å². The number of nitriles is 1. The zero-order chi connectivity index (χ0) is 27.9. The van der Waals surface area contributed by atoms with Crippen LogP contribution in [0, 0.1) is 11.3 Å². The van der Waals surface area contributed by atoms with Crippen LogP contribution in [0.4, 0.5) is 4.79 Å². The third-order valence-electron chi connectivity index (χ3n) is 7.81. The molecule has 5 rings (SSSR count). The lowest BCUT2D eigenvalue weighted by molar-refractivity contribution is 0.0422. The van der Waals surface area contributed by atoms with Crippen LogP contribution in [0.15, 0.2) is 60.9 Å². The van der Waals surface area contributed by atoms with E-state index in [2.05, 4.69) is 21.3 Å². The van der Waals surface area contributed by atoms with Crippen LogP contribution in [-0.4, -0.2) is 64.8 Å². The monoisotopic (exact) mass is 540 g/mol. The van der Waals surface area contributed by atoms with Crippen LogP contribution < -0.4 is 10.6 Å². The van der Waals surface area contributed by atoms with Crippen LogP contribution in [0.5, 0.6) is 0 Å². The number of rotatable bonds is 7. The van der Waals surface area contributed by atoms with Gasteiger partial charge in [-0.1, -0.05) is 48.9 Å². The maximum atomic E-state index is 14.2. The third kappa shape index (κ3) is 6.02. The van der Waals surface area contributed by atoms with Gasteiger partial charge in [0.1, 0.15) is 6.10 Å². The highest BCUT2D eigenvalue weighted by Gasteiger charge is 2.35. The fourth-order valence-electron chi connectivity index (χ4n) is 5.84. The van der Waals surface area contributed by atoms with E-state index in [0.717, 1.165) is 42.5 Å². The van der Waals surface area contributed by atoms with Crippen LogP contribution in [-0.2, 0) is 11.2 Å². The molecule has 2 aliphatic rings. The number of piperazine rings is 1. The van der Waals surface area contributed by atoms with Gasteiger partial charge in [-0.15, -0.1) is 0 Å². The van der Waals surface area contributed by atoms with E-state index in [1.165, 1.54) is 0 Å². The number of hydrogen-bond acceptors (Lipinski definition) is 6. The molecule has 2 aromatic carbocycles. The van der Waals surface area contributed by atoms with Gasteiger partial charge >= 0.3 is 6.09 Å². The molecule has 2 unspecified atom stereocenters. The van der Waals surface area contributed by atoms with Gasteiger partial charge in [0.05, 0.1) is 29.7 Å². The van der Waals surface area contributed by atoms with Crippen LogP contribution >= 0.6 is 0 Å². The summed E-state index contributed by atoms with van der Waals surface area (Å²) < 4.78 is 7.91. The second kappa shape index (κ2) is 12.8. The Balaban J connectivity index is 1.47. The Kier molecular flexibility index (Phi) is 8.77. The molecule has 1 aliphatic carbocycles. The van der Waals surface area contributed by atoms with E-state index in [4.69, 9.17) is 15.0 Å². The van der Waals surface area contributed by atoms with Gasteiger partial charge in [-0.05, 0) is 50.3 Å². The topological polar surface area (TPSA) is 112 Å². The Morgan fingerprint density at radius 3 is 2.65 bits per heavy atom. The van der Waals surface area contributed by atoms with Crippen molar-refractivity contribution in [1.82, 2.24) is 25.1 Å². The minimum absolute atomic E-state index is 0.0496. The van der Waals surface area contributed by atoms with Gasteiger partial charge in [-0.3, -0.25) is 4.79 Å². The van der Waals surface area contributed by atoms with Crippen molar-refractivity contribution in [3.05, 3.63) is 77.7 Å². The fraction of sp³-hybridized carbons (Fsp3) is 0.419. The highest BCUT2D eigenvalue weighted by Crippen LogP contribution is 2.36. The maximum Gasteiger partial charge on any atom is 0.407 e. The number of hydrogen-bond donors (Lipinski definition) is 2. The quantitative estimate of drug-likeness (QED) is 0.462. The number of nitrogens with one attached hydrogen (secondary N) is 2. The molecule has 0 spiro atoms. The lowest BCUT2D eigenvalue weighted by atomic mass is 9.91. The first-order valence-corrected chi connectivity index (χ1v) is 14.2. The number of benzene rings is 2. The van der Waals surface area contributed by atoms with Crippen LogP contribution in [0.3, 0.4) is 0 Å². The fourth-order valence-corrected chi connectivity index (χ4v) is 5.84. The first kappa shape index (κ1) is 27.4. The molecular weight excluding hydrogens is 504 g/mol. The lowest BCUT2D eigenvalue weighted by Gasteiger charge is -2.36. The minimum atomic E-state index is -0.413. The molecule has 40 heavy (non-hydrogen) atoms. The molecule has 208 valence electrons. The van der Waals surface area contributed by atoms with Crippen molar-refractivity contribution >= 4 is 12.0 Å². The predicted octanol–water partition coefficient (Wildman–Crippen LogP) is 4.31. The van der Waals surface area contributed by atoms with E-state index in [9.17, 15) is 9.59 Å². The smallest absolute Gasteiger partial charge is 0.407 e. The number of amides is 2. The summed E-state index contributed by atoms with van der Waals surface area (Å²) in [6, 6.07) is 19.4. The summed E-state index contributed by atoms with van der Waals surface area (Å²) in [7, 11) is 0. The molecule has 1 saturated heterocycles. The van der Waals surface area contributed by atoms with Crippen LogP contribution in [0.2, 0.25) is 0 Å². The van der Waals surface area contributed by atoms with Gasteiger partial charge in [0.2, 0.25) is 0 Å². The summed E-state index contributed by atoms with van der Waals surface area (Å²) in [4.78, 5) is 33.2. The first-order valence-electron chi connectivity index (χ1n) is 14.2. The van der Waals surface area contributed by atoms with E-state index < -0.39 is 6.09 Å². The van der Waals surface area contributed by atoms with Crippen molar-refractivity contribution in [2.75, 3.05) is 26.2 Å². The lowest BCUT2D eigenvalue weighted by Crippen LogP contribution is -2.54. The standard InChI is InChI=1S/C31H36N6O3/c1-2-34-31(39)40-27-11-7-6-10-26(27)37-21-35-28(29(37)24-8-4-3-5-9-24)30(38)36-17-16-33-20-25(36)18-22-12-14-23(19-32)15-13-22/h3-5,8-9,12-15,21,25-27,33H,2,6-7,10-11,16-18,20H2,1H3,(H,34,39)/t25-,26?,27?/m0/s1. The number of alkyl carbamates (subject to hydrolysis) is 1. The number of aromatic nitrogens is 2. The van der Waals surface area contributed by atoms with E-state index in [1.807, 2.05) is 66.4 Å². The molecule has 0 bridgehead atoms. The van der Waals surface area contributed by atoms with Gasteiger partial charge in [-0.2, -0.15) is 5.26 Å². The molecule has 0 radical (unpaired) electrons. The molecule has 2 amide bonds. The van der Waals surface area contributed by atoms with Crippen molar-refractivity contribution in [1.29, 1.82) is 5.26 Å². The molecule has 9 heteroatoms. The molecule has 1 aromatic heterocycles. The third-order valence-corrected chi connectivity index (χ3v) is 7.81. The maximum absolute atomic E-state index is 14.2. The van der Waals surface area contributed by atoms with Crippen molar-refractivity contribution in [3.63, 3.8) is 0 Å². The Bertz CT molecular complexity index is 1350. The number of ether oxygens (including phenoxy) is 1. The normalized spacial score (nSPS) is 20.9. The van der Waals surface area contributed by atoms with Crippen molar-refractivity contribution in [2.24, 2.45) is 0 Å². The van der Waals surface area contributed by atoms with Gasteiger partial charge < -0.3 is 24.8 Å². The van der Waals surface area contributed by atoms with E-state index in [1.54, 1.807) is 6.33 Å². The number of carbonyl (C=O) groups excluding carboxylic acids is 2. The average molecular weight is 541 g/mol. The molecule has 1 aliphatic heterocycles. The number of carbonyl (C=O) groups is 2. The highest BCUT2D eigenvalue weighted by atomic mass is 16.6. The predicted molar refractivity (Wildman–Crippen MR) is 152 cm³/mol. The Hall–Kier alpha value is -4.16. The number of imidazole rings is 1. The summed E-state index contributed by atoms with van der Waals surface area (Å²) in [5.41, 5.74) is 3.78. The molecule has 2 heterocycles. The summed E-state index contributed by atoms with van der Waals surface area (Å²) in [6.45, 7) is 4.34. The van der Waals surface area contributed by atoms with Gasteiger partial charge in [0.25, 0.3) is 5.91 Å². The second-order valence-corrected chi connectivity index (χ2v) is 10.4. The summed E-state index contributed by atoms with van der Waals surface area (Å²) in [5, 5.41) is 15.3. The average Bonchev–Trinajstić information content (AvgIpc) is 3.43. The Labute approximate surface area is 235 Å². The van der Waals surface area contributed by atoms with E-state index in [-0.39, 0.29) is 24.1 Å². The largest absolute Gasteiger partial charge is 0.444 e.